The van der Waals surface area contributed by atoms with E-state index in [4.69, 9.17) is 5.73 Å². The van der Waals surface area contributed by atoms with E-state index in [2.05, 4.69) is 5.32 Å². The third-order valence-corrected chi connectivity index (χ3v) is 0.455. The van der Waals surface area contributed by atoms with Crippen LogP contribution in [0.1, 0.15) is 6.92 Å². The monoisotopic (exact) mass is 74.1 g/mol. The standard InChI is InChI=1S/C3H10N2/c1-3(4)5-2/h3,5H,4H2,1-2H3/t3-/m0/s1. The van der Waals surface area contributed by atoms with Gasteiger partial charge in [-0.15, -0.1) is 0 Å². The summed E-state index contributed by atoms with van der Waals surface area (Å²) in [5, 5.41) is 2.81. The van der Waals surface area contributed by atoms with Crippen molar-refractivity contribution >= 4 is 0 Å². The fourth-order valence-electron chi connectivity index (χ4n) is 0. The van der Waals surface area contributed by atoms with E-state index in [1.54, 1.807) is 0 Å². The van der Waals surface area contributed by atoms with Crippen LogP contribution in [0.15, 0.2) is 0 Å². The molecule has 0 aromatic carbocycles. The van der Waals surface area contributed by atoms with Crippen LogP contribution in [0.4, 0.5) is 0 Å². The minimum atomic E-state index is 0.134. The number of rotatable bonds is 1. The van der Waals surface area contributed by atoms with Gasteiger partial charge in [0.2, 0.25) is 0 Å². The maximum Gasteiger partial charge on any atom is 0.0514 e. The minimum Gasteiger partial charge on any atom is -0.316 e. The van der Waals surface area contributed by atoms with Crippen LogP contribution >= 0.6 is 0 Å². The molecule has 0 aliphatic carbocycles. The van der Waals surface area contributed by atoms with Crippen LogP contribution in [0.25, 0.3) is 0 Å². The Kier molecular flexibility index (Phi) is 2.14. The highest BCUT2D eigenvalue weighted by Crippen LogP contribution is 1.52. The second kappa shape index (κ2) is 2.18. The normalized spacial score (nSPS) is 15.0. The minimum absolute atomic E-state index is 0.134. The van der Waals surface area contributed by atoms with Gasteiger partial charge in [0.1, 0.15) is 0 Å². The van der Waals surface area contributed by atoms with E-state index in [0.717, 1.165) is 0 Å². The van der Waals surface area contributed by atoms with Crippen LogP contribution < -0.4 is 11.1 Å². The van der Waals surface area contributed by atoms with Crippen LogP contribution in [0.2, 0.25) is 0 Å². The first kappa shape index (κ1) is 4.92. The first-order valence-corrected chi connectivity index (χ1v) is 1.70. The molecule has 1 atom stereocenters. The summed E-state index contributed by atoms with van der Waals surface area (Å²) in [5.41, 5.74) is 5.18. The number of hydrogen-bond donors (Lipinski definition) is 2. The molecule has 0 amide bonds. The van der Waals surface area contributed by atoms with Crippen molar-refractivity contribution in [3.8, 4) is 0 Å². The first-order valence-electron chi connectivity index (χ1n) is 1.70. The highest BCUT2D eigenvalue weighted by atomic mass is 15.0. The van der Waals surface area contributed by atoms with Crippen molar-refractivity contribution in [2.45, 2.75) is 13.1 Å². The third kappa shape index (κ3) is 3.92. The zero-order valence-electron chi connectivity index (χ0n) is 3.65. The molecule has 2 heteroatoms. The lowest BCUT2D eigenvalue weighted by Gasteiger charge is -1.96. The van der Waals surface area contributed by atoms with E-state index >= 15 is 0 Å². The van der Waals surface area contributed by atoms with Gasteiger partial charge in [-0.1, -0.05) is 0 Å². The van der Waals surface area contributed by atoms with Crippen LogP contribution in [-0.4, -0.2) is 13.2 Å². The van der Waals surface area contributed by atoms with Gasteiger partial charge in [-0.2, -0.15) is 0 Å². The molecule has 5 heavy (non-hydrogen) atoms. The lowest BCUT2D eigenvalue weighted by Crippen LogP contribution is -2.30. The molecule has 0 heterocycles. The lowest BCUT2D eigenvalue weighted by molar-refractivity contribution is 0.639. The summed E-state index contributed by atoms with van der Waals surface area (Å²) in [6.07, 6.45) is 0.134. The van der Waals surface area contributed by atoms with Crippen molar-refractivity contribution in [2.75, 3.05) is 7.05 Å². The molecule has 0 unspecified atom stereocenters. The van der Waals surface area contributed by atoms with Crippen LogP contribution in [0.5, 0.6) is 0 Å². The van der Waals surface area contributed by atoms with Crippen LogP contribution in [-0.2, 0) is 0 Å². The lowest BCUT2D eigenvalue weighted by atomic mass is 10.6. The Morgan fingerprint density at radius 3 is 2.00 bits per heavy atom. The van der Waals surface area contributed by atoms with Crippen molar-refractivity contribution in [3.05, 3.63) is 0 Å². The van der Waals surface area contributed by atoms with Crippen molar-refractivity contribution in [1.82, 2.24) is 5.32 Å². The smallest absolute Gasteiger partial charge is 0.0514 e. The molecular weight excluding hydrogens is 64.0 g/mol. The number of nitrogens with two attached hydrogens (primary N) is 1. The molecule has 0 spiro atoms. The largest absolute Gasteiger partial charge is 0.316 e. The Hall–Kier alpha value is -0.0800. The van der Waals surface area contributed by atoms with Gasteiger partial charge >= 0.3 is 0 Å². The maximum atomic E-state index is 5.18. The molecule has 0 rings (SSSR count). The number of nitrogens with one attached hydrogen (secondary N) is 1. The Bertz CT molecular complexity index is 18.9. The van der Waals surface area contributed by atoms with Gasteiger partial charge in [0.15, 0.2) is 0 Å². The topological polar surface area (TPSA) is 38.0 Å². The van der Waals surface area contributed by atoms with E-state index in [1.807, 2.05) is 14.0 Å². The van der Waals surface area contributed by atoms with Gasteiger partial charge in [0.25, 0.3) is 0 Å². The molecule has 0 aromatic rings. The zero-order valence-corrected chi connectivity index (χ0v) is 3.65. The van der Waals surface area contributed by atoms with Gasteiger partial charge < -0.3 is 11.1 Å². The summed E-state index contributed by atoms with van der Waals surface area (Å²) in [4.78, 5) is 0. The van der Waals surface area contributed by atoms with Gasteiger partial charge in [-0.3, -0.25) is 0 Å². The van der Waals surface area contributed by atoms with E-state index in [1.165, 1.54) is 0 Å². The Morgan fingerprint density at radius 1 is 1.80 bits per heavy atom. The molecule has 0 aliphatic rings. The Morgan fingerprint density at radius 2 is 2.00 bits per heavy atom. The van der Waals surface area contributed by atoms with Gasteiger partial charge in [0.05, 0.1) is 6.17 Å². The quantitative estimate of drug-likeness (QED) is 0.412. The molecule has 0 fully saturated rings. The Balaban J connectivity index is 2.54. The zero-order chi connectivity index (χ0) is 4.28. The van der Waals surface area contributed by atoms with E-state index in [0.29, 0.717) is 0 Å². The third-order valence-electron chi connectivity index (χ3n) is 0.455. The fourth-order valence-corrected chi connectivity index (χ4v) is 0. The summed E-state index contributed by atoms with van der Waals surface area (Å²) in [6, 6.07) is 0. The molecule has 32 valence electrons. The summed E-state index contributed by atoms with van der Waals surface area (Å²) in [6.45, 7) is 1.89. The average Bonchev–Trinajstić information content (AvgIpc) is 1.38. The molecular formula is C3H10N2. The average molecular weight is 74.1 g/mol. The molecule has 0 aromatic heterocycles. The molecule has 2 nitrogen and oxygen atoms in total. The second-order valence-corrected chi connectivity index (χ2v) is 1.08. The molecule has 3 N–H and O–H groups in total. The molecule has 0 saturated heterocycles. The SMILES string of the molecule is CN[C@@H](C)N. The van der Waals surface area contributed by atoms with Gasteiger partial charge in [-0.25, -0.2) is 0 Å². The summed E-state index contributed by atoms with van der Waals surface area (Å²) >= 11 is 0. The highest BCUT2D eigenvalue weighted by Gasteiger charge is 1.76. The van der Waals surface area contributed by atoms with Crippen molar-refractivity contribution in [2.24, 2.45) is 5.73 Å². The van der Waals surface area contributed by atoms with E-state index in [-0.39, 0.29) is 6.17 Å². The van der Waals surface area contributed by atoms with Gasteiger partial charge in [0, 0.05) is 0 Å². The predicted molar refractivity (Wildman–Crippen MR) is 22.7 cm³/mol. The Labute approximate surface area is 32.4 Å². The van der Waals surface area contributed by atoms with Crippen molar-refractivity contribution < 1.29 is 0 Å². The van der Waals surface area contributed by atoms with E-state index < -0.39 is 0 Å². The first-order chi connectivity index (χ1) is 2.27. The van der Waals surface area contributed by atoms with E-state index in [9.17, 15) is 0 Å². The summed E-state index contributed by atoms with van der Waals surface area (Å²) in [5.74, 6) is 0. The maximum absolute atomic E-state index is 5.18. The fraction of sp³-hybridized carbons (Fsp3) is 1.00. The second-order valence-electron chi connectivity index (χ2n) is 1.08. The summed E-state index contributed by atoms with van der Waals surface area (Å²) in [7, 11) is 1.82. The predicted octanol–water partition coefficient (Wildman–Crippen LogP) is -0.490. The molecule has 0 radical (unpaired) electrons. The van der Waals surface area contributed by atoms with Crippen molar-refractivity contribution in [1.29, 1.82) is 0 Å². The van der Waals surface area contributed by atoms with Crippen molar-refractivity contribution in [3.63, 3.8) is 0 Å². The highest BCUT2D eigenvalue weighted by molar-refractivity contribution is 4.37. The molecule has 0 saturated carbocycles. The van der Waals surface area contributed by atoms with Gasteiger partial charge in [-0.05, 0) is 14.0 Å². The summed E-state index contributed by atoms with van der Waals surface area (Å²) < 4.78 is 0. The number of hydrogen-bond acceptors (Lipinski definition) is 2. The molecule has 0 aliphatic heterocycles. The van der Waals surface area contributed by atoms with Crippen LogP contribution in [0, 0.1) is 0 Å². The van der Waals surface area contributed by atoms with Crippen LogP contribution in [0.3, 0.4) is 0 Å². The molecule has 0 bridgehead atoms.